The van der Waals surface area contributed by atoms with E-state index in [-0.39, 0.29) is 0 Å². The fourth-order valence-corrected chi connectivity index (χ4v) is 2.99. The van der Waals surface area contributed by atoms with Crippen LogP contribution in [0, 0.1) is 5.92 Å². The Morgan fingerprint density at radius 3 is 2.50 bits per heavy atom. The molecule has 0 amide bonds. The summed E-state index contributed by atoms with van der Waals surface area (Å²) in [5.74, 6) is 3.58. The van der Waals surface area contributed by atoms with Crippen molar-refractivity contribution in [2.75, 3.05) is 17.2 Å². The zero-order valence-electron chi connectivity index (χ0n) is 13.1. The Balaban J connectivity index is 2.04. The van der Waals surface area contributed by atoms with Gasteiger partial charge >= 0.3 is 0 Å². The fourth-order valence-electron chi connectivity index (χ4n) is 2.99. The number of nitrogens with one attached hydrogen (secondary N) is 2. The number of hydrogen-bond donors (Lipinski definition) is 2. The van der Waals surface area contributed by atoms with Crippen molar-refractivity contribution in [2.24, 2.45) is 5.92 Å². The van der Waals surface area contributed by atoms with E-state index in [1.807, 2.05) is 6.07 Å². The molecular formula is C16H28N4. The first-order valence-corrected chi connectivity index (χ1v) is 8.11. The molecule has 1 saturated carbocycles. The SMILES string of the molecule is CCNc1cc(NC(C)C2CCCCC2)nc(CC)n1. The third-order valence-corrected chi connectivity index (χ3v) is 4.18. The van der Waals surface area contributed by atoms with Crippen molar-refractivity contribution in [1.29, 1.82) is 0 Å². The lowest BCUT2D eigenvalue weighted by atomic mass is 9.84. The zero-order valence-corrected chi connectivity index (χ0v) is 13.1. The number of aryl methyl sites for hydroxylation is 1. The number of hydrogen-bond acceptors (Lipinski definition) is 4. The molecule has 0 radical (unpaired) electrons. The highest BCUT2D eigenvalue weighted by Gasteiger charge is 2.20. The second-order valence-corrected chi connectivity index (χ2v) is 5.77. The molecule has 1 aliphatic rings. The van der Waals surface area contributed by atoms with Gasteiger partial charge in [-0.05, 0) is 32.6 Å². The lowest BCUT2D eigenvalue weighted by molar-refractivity contribution is 0.328. The second kappa shape index (κ2) is 7.46. The third kappa shape index (κ3) is 4.09. The van der Waals surface area contributed by atoms with Crippen molar-refractivity contribution >= 4 is 11.6 Å². The summed E-state index contributed by atoms with van der Waals surface area (Å²) in [6, 6.07) is 2.52. The van der Waals surface area contributed by atoms with Gasteiger partial charge in [0, 0.05) is 25.1 Å². The summed E-state index contributed by atoms with van der Waals surface area (Å²) in [5, 5.41) is 6.88. The molecule has 0 spiro atoms. The van der Waals surface area contributed by atoms with Gasteiger partial charge in [0.25, 0.3) is 0 Å². The molecule has 0 aromatic carbocycles. The summed E-state index contributed by atoms with van der Waals surface area (Å²) in [7, 11) is 0. The Hall–Kier alpha value is -1.32. The predicted molar refractivity (Wildman–Crippen MR) is 85.2 cm³/mol. The molecule has 4 nitrogen and oxygen atoms in total. The van der Waals surface area contributed by atoms with Crippen LogP contribution < -0.4 is 10.6 Å². The molecule has 2 rings (SSSR count). The molecule has 0 saturated heterocycles. The maximum atomic E-state index is 4.61. The van der Waals surface area contributed by atoms with Gasteiger partial charge in [-0.15, -0.1) is 0 Å². The maximum absolute atomic E-state index is 4.61. The van der Waals surface area contributed by atoms with Gasteiger partial charge in [0.15, 0.2) is 0 Å². The first-order chi connectivity index (χ1) is 9.72. The number of aromatic nitrogens is 2. The van der Waals surface area contributed by atoms with Crippen molar-refractivity contribution < 1.29 is 0 Å². The lowest BCUT2D eigenvalue weighted by Gasteiger charge is -2.28. The molecule has 1 aromatic rings. The van der Waals surface area contributed by atoms with E-state index < -0.39 is 0 Å². The van der Waals surface area contributed by atoms with E-state index in [1.165, 1.54) is 32.1 Å². The maximum Gasteiger partial charge on any atom is 0.132 e. The Bertz CT molecular complexity index is 413. The minimum atomic E-state index is 0.490. The average molecular weight is 276 g/mol. The van der Waals surface area contributed by atoms with E-state index >= 15 is 0 Å². The Morgan fingerprint density at radius 2 is 1.85 bits per heavy atom. The molecule has 1 atom stereocenters. The monoisotopic (exact) mass is 276 g/mol. The zero-order chi connectivity index (χ0) is 14.4. The smallest absolute Gasteiger partial charge is 0.132 e. The number of anilines is 2. The fraction of sp³-hybridized carbons (Fsp3) is 0.750. The van der Waals surface area contributed by atoms with Crippen molar-refractivity contribution in [2.45, 2.75) is 65.3 Å². The van der Waals surface area contributed by atoms with Crippen LogP contribution in [0.1, 0.15) is 58.7 Å². The number of rotatable bonds is 6. The van der Waals surface area contributed by atoms with Crippen LogP contribution in [-0.4, -0.2) is 22.6 Å². The highest BCUT2D eigenvalue weighted by atomic mass is 15.1. The molecule has 4 heteroatoms. The van der Waals surface area contributed by atoms with E-state index in [1.54, 1.807) is 0 Å². The average Bonchev–Trinajstić information content (AvgIpc) is 2.48. The van der Waals surface area contributed by atoms with E-state index in [0.29, 0.717) is 6.04 Å². The molecule has 2 N–H and O–H groups in total. The highest BCUT2D eigenvalue weighted by molar-refractivity contribution is 5.48. The summed E-state index contributed by atoms with van der Waals surface area (Å²) in [4.78, 5) is 9.11. The molecule has 1 fully saturated rings. The van der Waals surface area contributed by atoms with Gasteiger partial charge in [-0.3, -0.25) is 0 Å². The van der Waals surface area contributed by atoms with Crippen LogP contribution in [0.5, 0.6) is 0 Å². The van der Waals surface area contributed by atoms with Crippen molar-refractivity contribution in [1.82, 2.24) is 9.97 Å². The van der Waals surface area contributed by atoms with Crippen LogP contribution in [-0.2, 0) is 6.42 Å². The summed E-state index contributed by atoms with van der Waals surface area (Å²) >= 11 is 0. The molecule has 1 unspecified atom stereocenters. The van der Waals surface area contributed by atoms with Crippen LogP contribution in [0.25, 0.3) is 0 Å². The van der Waals surface area contributed by atoms with Gasteiger partial charge in [-0.1, -0.05) is 26.2 Å². The van der Waals surface area contributed by atoms with Crippen LogP contribution in [0.2, 0.25) is 0 Å². The summed E-state index contributed by atoms with van der Waals surface area (Å²) < 4.78 is 0. The Morgan fingerprint density at radius 1 is 1.15 bits per heavy atom. The molecule has 0 bridgehead atoms. The van der Waals surface area contributed by atoms with Crippen molar-refractivity contribution in [3.05, 3.63) is 11.9 Å². The van der Waals surface area contributed by atoms with Gasteiger partial charge < -0.3 is 10.6 Å². The molecule has 1 aliphatic carbocycles. The number of nitrogens with zero attached hydrogens (tertiary/aromatic N) is 2. The largest absolute Gasteiger partial charge is 0.370 e. The van der Waals surface area contributed by atoms with E-state index in [9.17, 15) is 0 Å². The van der Waals surface area contributed by atoms with Crippen LogP contribution in [0.3, 0.4) is 0 Å². The standard InChI is InChI=1S/C16H28N4/c1-4-14-19-15(17-5-2)11-16(20-14)18-12(3)13-9-7-6-8-10-13/h11-13H,4-10H2,1-3H3,(H2,17,18,19,20). The topological polar surface area (TPSA) is 49.8 Å². The Kier molecular flexibility index (Phi) is 5.62. The third-order valence-electron chi connectivity index (χ3n) is 4.18. The van der Waals surface area contributed by atoms with Crippen molar-refractivity contribution in [3.8, 4) is 0 Å². The molecule has 112 valence electrons. The van der Waals surface area contributed by atoms with Crippen LogP contribution >= 0.6 is 0 Å². The summed E-state index contributed by atoms with van der Waals surface area (Å²) in [6.07, 6.45) is 7.72. The van der Waals surface area contributed by atoms with Gasteiger partial charge in [0.2, 0.25) is 0 Å². The first kappa shape index (κ1) is 15.1. The quantitative estimate of drug-likeness (QED) is 0.828. The predicted octanol–water partition coefficient (Wildman–Crippen LogP) is 3.85. The highest BCUT2D eigenvalue weighted by Crippen LogP contribution is 2.28. The Labute approximate surface area is 122 Å². The lowest BCUT2D eigenvalue weighted by Crippen LogP contribution is -2.28. The van der Waals surface area contributed by atoms with Gasteiger partial charge in [0.05, 0.1) is 0 Å². The van der Waals surface area contributed by atoms with Gasteiger partial charge in [-0.2, -0.15) is 0 Å². The minimum absolute atomic E-state index is 0.490. The van der Waals surface area contributed by atoms with Crippen LogP contribution in [0.4, 0.5) is 11.6 Å². The van der Waals surface area contributed by atoms with E-state index in [0.717, 1.165) is 36.3 Å². The summed E-state index contributed by atoms with van der Waals surface area (Å²) in [6.45, 7) is 7.36. The second-order valence-electron chi connectivity index (χ2n) is 5.77. The summed E-state index contributed by atoms with van der Waals surface area (Å²) in [5.41, 5.74) is 0. The minimum Gasteiger partial charge on any atom is -0.370 e. The van der Waals surface area contributed by atoms with Crippen LogP contribution in [0.15, 0.2) is 6.07 Å². The van der Waals surface area contributed by atoms with E-state index in [4.69, 9.17) is 0 Å². The molecule has 20 heavy (non-hydrogen) atoms. The normalized spacial score (nSPS) is 17.8. The molecule has 0 aliphatic heterocycles. The van der Waals surface area contributed by atoms with Gasteiger partial charge in [0.1, 0.15) is 17.5 Å². The van der Waals surface area contributed by atoms with E-state index in [2.05, 4.69) is 41.4 Å². The first-order valence-electron chi connectivity index (χ1n) is 8.11. The molecule has 1 aromatic heterocycles. The molecular weight excluding hydrogens is 248 g/mol. The molecule has 1 heterocycles. The van der Waals surface area contributed by atoms with Gasteiger partial charge in [-0.25, -0.2) is 9.97 Å². The van der Waals surface area contributed by atoms with Crippen molar-refractivity contribution in [3.63, 3.8) is 0 Å².